The molecule has 0 bridgehead atoms. The van der Waals surface area contributed by atoms with Gasteiger partial charge in [0.1, 0.15) is 12.1 Å². The molecule has 0 saturated heterocycles. The molecular weight excluding hydrogens is 358 g/mol. The summed E-state index contributed by atoms with van der Waals surface area (Å²) in [6, 6.07) is 15.4. The molecule has 1 aromatic heterocycles. The fourth-order valence-electron chi connectivity index (χ4n) is 2.63. The van der Waals surface area contributed by atoms with E-state index in [9.17, 15) is 10.1 Å². The topological polar surface area (TPSA) is 102 Å². The predicted molar refractivity (Wildman–Crippen MR) is 108 cm³/mol. The van der Waals surface area contributed by atoms with Gasteiger partial charge in [0.15, 0.2) is 0 Å². The van der Waals surface area contributed by atoms with Crippen molar-refractivity contribution < 1.29 is 9.66 Å². The minimum atomic E-state index is -0.478. The van der Waals surface area contributed by atoms with E-state index in [1.807, 2.05) is 55.5 Å². The van der Waals surface area contributed by atoms with E-state index >= 15 is 0 Å². The van der Waals surface area contributed by atoms with Gasteiger partial charge < -0.3 is 15.4 Å². The molecule has 0 aliphatic heterocycles. The van der Waals surface area contributed by atoms with Gasteiger partial charge in [-0.05, 0) is 30.2 Å². The van der Waals surface area contributed by atoms with Crippen molar-refractivity contribution >= 4 is 17.3 Å². The average Bonchev–Trinajstić information content (AvgIpc) is 2.72. The molecule has 2 N–H and O–H groups in total. The van der Waals surface area contributed by atoms with Crippen molar-refractivity contribution in [1.29, 1.82) is 0 Å². The van der Waals surface area contributed by atoms with Crippen molar-refractivity contribution in [3.05, 3.63) is 81.7 Å². The summed E-state index contributed by atoms with van der Waals surface area (Å²) in [5.41, 5.74) is 2.93. The van der Waals surface area contributed by atoms with Crippen LogP contribution in [0.15, 0.2) is 54.9 Å². The van der Waals surface area contributed by atoms with E-state index in [2.05, 4.69) is 20.6 Å². The SMILES string of the molecule is COc1ccc(CNc2ncnc(NCc3ccc(C)cc3)c2[N+](=O)[O-])cc1. The number of benzene rings is 2. The molecule has 3 aromatic rings. The second-order valence-corrected chi connectivity index (χ2v) is 6.22. The Labute approximate surface area is 162 Å². The third-order valence-corrected chi connectivity index (χ3v) is 4.20. The van der Waals surface area contributed by atoms with Crippen LogP contribution in [0, 0.1) is 17.0 Å². The van der Waals surface area contributed by atoms with Gasteiger partial charge in [0.2, 0.25) is 11.6 Å². The largest absolute Gasteiger partial charge is 0.497 e. The lowest BCUT2D eigenvalue weighted by Gasteiger charge is -2.10. The lowest BCUT2D eigenvalue weighted by Crippen LogP contribution is -2.10. The van der Waals surface area contributed by atoms with Crippen LogP contribution in [0.4, 0.5) is 17.3 Å². The molecule has 0 unspecified atom stereocenters. The minimum absolute atomic E-state index is 0.169. The first kappa shape index (κ1) is 19.1. The molecule has 2 aromatic carbocycles. The second-order valence-electron chi connectivity index (χ2n) is 6.22. The Morgan fingerprint density at radius 3 is 1.89 bits per heavy atom. The van der Waals surface area contributed by atoms with Crippen LogP contribution >= 0.6 is 0 Å². The van der Waals surface area contributed by atoms with Gasteiger partial charge in [-0.3, -0.25) is 10.1 Å². The molecule has 0 spiro atoms. The molecule has 0 radical (unpaired) electrons. The molecule has 28 heavy (non-hydrogen) atoms. The van der Waals surface area contributed by atoms with Gasteiger partial charge in [0, 0.05) is 13.1 Å². The quantitative estimate of drug-likeness (QED) is 0.451. The summed E-state index contributed by atoms with van der Waals surface area (Å²) >= 11 is 0. The van der Waals surface area contributed by atoms with Crippen LogP contribution in [0.2, 0.25) is 0 Å². The summed E-state index contributed by atoms with van der Waals surface area (Å²) in [5, 5.41) is 17.7. The molecular formula is C20H21N5O3. The van der Waals surface area contributed by atoms with E-state index in [1.165, 1.54) is 6.33 Å². The Balaban J connectivity index is 1.74. The standard InChI is InChI=1S/C20H21N5O3/c1-14-3-5-15(6-4-14)11-21-19-18(25(26)27)20(24-13-23-19)22-12-16-7-9-17(28-2)10-8-16/h3-10,13H,11-12H2,1-2H3,(H2,21,22,23,24). The van der Waals surface area contributed by atoms with Crippen LogP contribution in [-0.2, 0) is 13.1 Å². The number of nitrogens with one attached hydrogen (secondary N) is 2. The lowest BCUT2D eigenvalue weighted by atomic mass is 10.1. The summed E-state index contributed by atoms with van der Waals surface area (Å²) < 4.78 is 5.13. The number of nitro groups is 1. The zero-order chi connectivity index (χ0) is 19.9. The number of hydrogen-bond acceptors (Lipinski definition) is 7. The van der Waals surface area contributed by atoms with E-state index in [0.717, 1.165) is 22.4 Å². The summed E-state index contributed by atoms with van der Waals surface area (Å²) in [7, 11) is 1.60. The summed E-state index contributed by atoms with van der Waals surface area (Å²) in [6.45, 7) is 2.82. The van der Waals surface area contributed by atoms with Gasteiger partial charge in [-0.1, -0.05) is 42.0 Å². The summed E-state index contributed by atoms with van der Waals surface area (Å²) in [5.74, 6) is 1.10. The number of ether oxygens (including phenoxy) is 1. The van der Waals surface area contributed by atoms with Crippen molar-refractivity contribution in [2.24, 2.45) is 0 Å². The van der Waals surface area contributed by atoms with E-state index in [0.29, 0.717) is 13.1 Å². The van der Waals surface area contributed by atoms with E-state index in [-0.39, 0.29) is 17.3 Å². The van der Waals surface area contributed by atoms with Crippen molar-refractivity contribution in [3.8, 4) is 5.75 Å². The maximum atomic E-state index is 11.6. The van der Waals surface area contributed by atoms with Crippen molar-refractivity contribution in [3.63, 3.8) is 0 Å². The first-order chi connectivity index (χ1) is 13.6. The number of aryl methyl sites for hydroxylation is 1. The highest BCUT2D eigenvalue weighted by atomic mass is 16.6. The number of nitrogens with zero attached hydrogens (tertiary/aromatic N) is 3. The highest BCUT2D eigenvalue weighted by Crippen LogP contribution is 2.29. The van der Waals surface area contributed by atoms with Crippen LogP contribution in [0.3, 0.4) is 0 Å². The highest BCUT2D eigenvalue weighted by molar-refractivity contribution is 5.69. The van der Waals surface area contributed by atoms with Gasteiger partial charge in [-0.2, -0.15) is 0 Å². The fourth-order valence-corrected chi connectivity index (χ4v) is 2.63. The van der Waals surface area contributed by atoms with Gasteiger partial charge in [-0.25, -0.2) is 9.97 Å². The molecule has 0 saturated carbocycles. The van der Waals surface area contributed by atoms with Crippen LogP contribution in [0.5, 0.6) is 5.75 Å². The predicted octanol–water partition coefficient (Wildman–Crippen LogP) is 3.93. The zero-order valence-corrected chi connectivity index (χ0v) is 15.7. The zero-order valence-electron chi connectivity index (χ0n) is 15.7. The monoisotopic (exact) mass is 379 g/mol. The fraction of sp³-hybridized carbons (Fsp3) is 0.200. The Morgan fingerprint density at radius 2 is 1.43 bits per heavy atom. The molecule has 8 nitrogen and oxygen atoms in total. The van der Waals surface area contributed by atoms with Gasteiger partial charge in [-0.15, -0.1) is 0 Å². The summed E-state index contributed by atoms with van der Waals surface area (Å²) in [6.07, 6.45) is 1.31. The highest BCUT2D eigenvalue weighted by Gasteiger charge is 2.22. The molecule has 0 fully saturated rings. The van der Waals surface area contributed by atoms with Crippen molar-refractivity contribution in [2.75, 3.05) is 17.7 Å². The van der Waals surface area contributed by atoms with Crippen molar-refractivity contribution in [2.45, 2.75) is 20.0 Å². The first-order valence-corrected chi connectivity index (χ1v) is 8.72. The normalized spacial score (nSPS) is 10.4. The molecule has 1 heterocycles. The van der Waals surface area contributed by atoms with Crippen LogP contribution in [0.1, 0.15) is 16.7 Å². The third kappa shape index (κ3) is 4.73. The van der Waals surface area contributed by atoms with Crippen LogP contribution < -0.4 is 15.4 Å². The van der Waals surface area contributed by atoms with Crippen LogP contribution in [-0.4, -0.2) is 22.0 Å². The maximum absolute atomic E-state index is 11.6. The van der Waals surface area contributed by atoms with Crippen molar-refractivity contribution in [1.82, 2.24) is 9.97 Å². The molecule has 0 aliphatic carbocycles. The number of aromatic nitrogens is 2. The minimum Gasteiger partial charge on any atom is -0.497 e. The molecule has 0 atom stereocenters. The number of hydrogen-bond donors (Lipinski definition) is 2. The van der Waals surface area contributed by atoms with Gasteiger partial charge in [0.25, 0.3) is 0 Å². The molecule has 144 valence electrons. The molecule has 0 amide bonds. The van der Waals surface area contributed by atoms with E-state index in [1.54, 1.807) is 7.11 Å². The third-order valence-electron chi connectivity index (χ3n) is 4.20. The Bertz CT molecular complexity index is 943. The van der Waals surface area contributed by atoms with E-state index < -0.39 is 4.92 Å². The van der Waals surface area contributed by atoms with Gasteiger partial charge in [0.05, 0.1) is 12.0 Å². The van der Waals surface area contributed by atoms with Crippen LogP contribution in [0.25, 0.3) is 0 Å². The average molecular weight is 379 g/mol. The first-order valence-electron chi connectivity index (χ1n) is 8.72. The molecule has 8 heteroatoms. The maximum Gasteiger partial charge on any atom is 0.353 e. The summed E-state index contributed by atoms with van der Waals surface area (Å²) in [4.78, 5) is 19.2. The molecule has 3 rings (SSSR count). The molecule has 0 aliphatic rings. The van der Waals surface area contributed by atoms with E-state index in [4.69, 9.17) is 4.74 Å². The number of rotatable bonds is 8. The van der Waals surface area contributed by atoms with Gasteiger partial charge >= 0.3 is 5.69 Å². The Kier molecular flexibility index (Phi) is 6.01. The second kappa shape index (κ2) is 8.81. The number of anilines is 2. The smallest absolute Gasteiger partial charge is 0.353 e. The number of methoxy groups -OCH3 is 1. The Hall–Kier alpha value is -3.68. The Morgan fingerprint density at radius 1 is 0.929 bits per heavy atom. The lowest BCUT2D eigenvalue weighted by molar-refractivity contribution is -0.383.